The van der Waals surface area contributed by atoms with E-state index in [9.17, 15) is 22.4 Å². The summed E-state index contributed by atoms with van der Waals surface area (Å²) in [5.41, 5.74) is 7.87. The molecule has 2 aromatic heterocycles. The number of allylic oxidation sites excluding steroid dienone is 6. The molecule has 1 fully saturated rings. The molecule has 0 unspecified atom stereocenters. The van der Waals surface area contributed by atoms with E-state index in [0.717, 1.165) is 0 Å². The molecule has 0 saturated carbocycles. The van der Waals surface area contributed by atoms with E-state index in [1.165, 1.54) is 36.4 Å². The number of ether oxygens (including phenoxy) is 1. The fourth-order valence-electron chi connectivity index (χ4n) is 5.30. The Bertz CT molecular complexity index is 1590. The fourth-order valence-corrected chi connectivity index (χ4v) is 5.30. The number of aryl methyl sites for hydroxylation is 1. The van der Waals surface area contributed by atoms with Crippen LogP contribution in [0, 0.1) is 12.7 Å². The molecule has 1 aliphatic carbocycles. The van der Waals surface area contributed by atoms with Crippen molar-refractivity contribution in [2.75, 3.05) is 18.8 Å². The van der Waals surface area contributed by atoms with E-state index in [1.807, 2.05) is 0 Å². The van der Waals surface area contributed by atoms with Crippen molar-refractivity contribution in [2.24, 2.45) is 0 Å². The maximum Gasteiger partial charge on any atom is 0.416 e. The van der Waals surface area contributed by atoms with Crippen molar-refractivity contribution in [3.63, 3.8) is 0 Å². The normalized spacial score (nSPS) is 16.6. The maximum atomic E-state index is 13.5. The number of likely N-dealkylation sites (tertiary alicyclic amines) is 1. The molecule has 0 radical (unpaired) electrons. The number of rotatable bonds is 5. The minimum Gasteiger partial charge on any atom is -0.416 e. The van der Waals surface area contributed by atoms with E-state index < -0.39 is 23.7 Å². The van der Waals surface area contributed by atoms with E-state index in [4.69, 9.17) is 14.9 Å². The van der Waals surface area contributed by atoms with Gasteiger partial charge in [-0.3, -0.25) is 0 Å². The minimum atomic E-state index is -4.42. The predicted molar refractivity (Wildman–Crippen MR) is 150 cm³/mol. The van der Waals surface area contributed by atoms with Gasteiger partial charge in [0.25, 0.3) is 5.89 Å². The van der Waals surface area contributed by atoms with Crippen LogP contribution in [-0.4, -0.2) is 50.4 Å². The first-order chi connectivity index (χ1) is 20.5. The number of carbonyl (C=O) groups excluding carboxylic acids is 1. The number of anilines is 1. The van der Waals surface area contributed by atoms with Gasteiger partial charge in [0.15, 0.2) is 0 Å². The number of hydrogen-bond acceptors (Lipinski definition) is 8. The van der Waals surface area contributed by atoms with Crippen molar-refractivity contribution in [2.45, 2.75) is 58.0 Å². The Kier molecular flexibility index (Phi) is 8.60. The Balaban J connectivity index is 1.35. The molecule has 5 rings (SSSR count). The summed E-state index contributed by atoms with van der Waals surface area (Å²) in [5, 5.41) is 8.45. The van der Waals surface area contributed by atoms with Crippen LogP contribution < -0.4 is 10.5 Å². The van der Waals surface area contributed by atoms with Gasteiger partial charge in [0, 0.05) is 24.6 Å². The van der Waals surface area contributed by atoms with Crippen LogP contribution in [0.2, 0.25) is 0 Å². The predicted octanol–water partition coefficient (Wildman–Crippen LogP) is 6.94. The number of nitrogens with zero attached hydrogens (tertiary/aromatic N) is 5. The number of nitrogen functional groups attached to an aromatic ring is 1. The first kappa shape index (κ1) is 29.9. The molecule has 3 heterocycles. The van der Waals surface area contributed by atoms with Gasteiger partial charge in [-0.2, -0.15) is 13.2 Å². The molecule has 1 aliphatic heterocycles. The van der Waals surface area contributed by atoms with Crippen molar-refractivity contribution in [1.29, 1.82) is 0 Å². The number of alkyl halides is 3. The molecule has 13 heteroatoms. The summed E-state index contributed by atoms with van der Waals surface area (Å²) in [6, 6.07) is 5.21. The number of benzene rings is 1. The van der Waals surface area contributed by atoms with Crippen molar-refractivity contribution in [1.82, 2.24) is 25.1 Å². The molecule has 1 saturated heterocycles. The molecule has 1 amide bonds. The Morgan fingerprint density at radius 1 is 1.09 bits per heavy atom. The highest BCUT2D eigenvalue weighted by atomic mass is 19.4. The topological polar surface area (TPSA) is 120 Å². The lowest BCUT2D eigenvalue weighted by molar-refractivity contribution is -0.0898. The quantitative estimate of drug-likeness (QED) is 0.314. The SMILES string of the molecule is CCC1=CC=C(c2nnc(-c3c(C)nc(N)nc3C3CCN(C(=O)Oc4ccc(F)cc4)CC3)o2)CCC=C1C(F)(F)F. The van der Waals surface area contributed by atoms with Crippen LogP contribution in [0.15, 0.2) is 58.1 Å². The molecule has 1 aromatic carbocycles. The highest BCUT2D eigenvalue weighted by molar-refractivity contribution is 5.71. The fraction of sp³-hybridized carbons (Fsp3) is 0.367. The molecule has 9 nitrogen and oxygen atoms in total. The standard InChI is InChI=1S/C30H30F4N6O3/c1-3-18-7-8-20(5-4-6-23(18)30(32,33)34)26-38-39-27(43-26)24-17(2)36-28(35)37-25(24)19-13-15-40(16-14-19)29(41)42-22-11-9-21(31)10-12-22/h6-12,19H,3-5,13-16H2,1-2H3,(H2,35,36,37). The summed E-state index contributed by atoms with van der Waals surface area (Å²) >= 11 is 0. The zero-order valence-corrected chi connectivity index (χ0v) is 23.6. The van der Waals surface area contributed by atoms with Crippen molar-refractivity contribution < 1.29 is 31.5 Å². The second-order valence-corrected chi connectivity index (χ2v) is 10.3. The third-order valence-electron chi connectivity index (χ3n) is 7.49. The molecule has 0 bridgehead atoms. The smallest absolute Gasteiger partial charge is 0.416 e. The summed E-state index contributed by atoms with van der Waals surface area (Å²) in [5.74, 6) is 0.178. The molecule has 3 aromatic rings. The van der Waals surface area contributed by atoms with Gasteiger partial charge in [0.05, 0.1) is 22.5 Å². The lowest BCUT2D eigenvalue weighted by Gasteiger charge is -2.31. The van der Waals surface area contributed by atoms with E-state index in [-0.39, 0.29) is 54.2 Å². The molecular weight excluding hydrogens is 568 g/mol. The van der Waals surface area contributed by atoms with Crippen LogP contribution in [-0.2, 0) is 0 Å². The highest BCUT2D eigenvalue weighted by Gasteiger charge is 2.35. The number of nitrogens with two attached hydrogens (primary N) is 1. The molecular formula is C30H30F4N6O3. The van der Waals surface area contributed by atoms with E-state index in [1.54, 1.807) is 24.8 Å². The van der Waals surface area contributed by atoms with Crippen LogP contribution in [0.3, 0.4) is 0 Å². The Morgan fingerprint density at radius 2 is 1.79 bits per heavy atom. The lowest BCUT2D eigenvalue weighted by atomic mass is 9.90. The average molecular weight is 599 g/mol. The Morgan fingerprint density at radius 3 is 2.47 bits per heavy atom. The average Bonchev–Trinajstić information content (AvgIpc) is 3.43. The largest absolute Gasteiger partial charge is 0.416 e. The molecule has 0 atom stereocenters. The van der Waals surface area contributed by atoms with E-state index in [2.05, 4.69) is 20.2 Å². The summed E-state index contributed by atoms with van der Waals surface area (Å²) in [4.78, 5) is 23.0. The van der Waals surface area contributed by atoms with Crippen molar-refractivity contribution >= 4 is 17.6 Å². The first-order valence-corrected chi connectivity index (χ1v) is 13.9. The second-order valence-electron chi connectivity index (χ2n) is 10.3. The van der Waals surface area contributed by atoms with Gasteiger partial charge in [0.2, 0.25) is 11.8 Å². The Labute approximate surface area is 245 Å². The summed E-state index contributed by atoms with van der Waals surface area (Å²) in [6.45, 7) is 4.20. The molecule has 2 N–H and O–H groups in total. The van der Waals surface area contributed by atoms with Crippen molar-refractivity contribution in [3.05, 3.63) is 76.7 Å². The first-order valence-electron chi connectivity index (χ1n) is 13.9. The van der Waals surface area contributed by atoms with Gasteiger partial charge < -0.3 is 19.8 Å². The number of amides is 1. The van der Waals surface area contributed by atoms with Crippen LogP contribution >= 0.6 is 0 Å². The number of piperidine rings is 1. The van der Waals surface area contributed by atoms with Gasteiger partial charge >= 0.3 is 12.3 Å². The van der Waals surface area contributed by atoms with Crippen LogP contribution in [0.5, 0.6) is 5.75 Å². The number of hydrogen-bond donors (Lipinski definition) is 1. The second kappa shape index (κ2) is 12.4. The summed E-state index contributed by atoms with van der Waals surface area (Å²) in [6.07, 6.45) is 1.06. The van der Waals surface area contributed by atoms with Gasteiger partial charge in [-0.1, -0.05) is 25.2 Å². The number of carbonyl (C=O) groups is 1. The maximum absolute atomic E-state index is 13.5. The third-order valence-corrected chi connectivity index (χ3v) is 7.49. The highest BCUT2D eigenvalue weighted by Crippen LogP contribution is 2.38. The number of aromatic nitrogens is 4. The third kappa shape index (κ3) is 6.76. The van der Waals surface area contributed by atoms with Crippen molar-refractivity contribution in [3.8, 4) is 17.2 Å². The van der Waals surface area contributed by atoms with Gasteiger partial charge in [0.1, 0.15) is 11.6 Å². The van der Waals surface area contributed by atoms with Gasteiger partial charge in [-0.15, -0.1) is 10.2 Å². The number of halogens is 4. The van der Waals surface area contributed by atoms with Crippen LogP contribution in [0.25, 0.3) is 17.0 Å². The molecule has 2 aliphatic rings. The lowest BCUT2D eigenvalue weighted by Crippen LogP contribution is -2.39. The molecule has 226 valence electrons. The van der Waals surface area contributed by atoms with E-state index >= 15 is 0 Å². The Hall–Kier alpha value is -4.55. The summed E-state index contributed by atoms with van der Waals surface area (Å²) in [7, 11) is 0. The minimum absolute atomic E-state index is 0.0846. The molecule has 0 spiro atoms. The van der Waals surface area contributed by atoms with Gasteiger partial charge in [-0.25, -0.2) is 19.2 Å². The van der Waals surface area contributed by atoms with Gasteiger partial charge in [-0.05, 0) is 68.9 Å². The zero-order chi connectivity index (χ0) is 30.7. The zero-order valence-electron chi connectivity index (χ0n) is 23.6. The van der Waals surface area contributed by atoms with Crippen LogP contribution in [0.4, 0.5) is 28.3 Å². The van der Waals surface area contributed by atoms with E-state index in [0.29, 0.717) is 48.5 Å². The van der Waals surface area contributed by atoms with Crippen LogP contribution in [0.1, 0.15) is 62.2 Å². The molecule has 43 heavy (non-hydrogen) atoms. The summed E-state index contributed by atoms with van der Waals surface area (Å²) < 4.78 is 65.1. The monoisotopic (exact) mass is 598 g/mol.